The molecule has 0 unspecified atom stereocenters. The third-order valence-corrected chi connectivity index (χ3v) is 3.83. The van der Waals surface area contributed by atoms with Crippen LogP contribution in [0.2, 0.25) is 0 Å². The first-order valence-electron chi connectivity index (χ1n) is 6.93. The first-order chi connectivity index (χ1) is 9.75. The Morgan fingerprint density at radius 2 is 1.60 bits per heavy atom. The molecular weight excluding hydrogens is 248 g/mol. The van der Waals surface area contributed by atoms with Crippen LogP contribution in [0.4, 0.5) is 0 Å². The molecule has 0 atom stereocenters. The summed E-state index contributed by atoms with van der Waals surface area (Å²) in [6, 6.07) is 17.1. The summed E-state index contributed by atoms with van der Waals surface area (Å²) < 4.78 is 0. The van der Waals surface area contributed by atoms with Crippen LogP contribution < -0.4 is 11.1 Å². The van der Waals surface area contributed by atoms with Crippen molar-refractivity contribution in [3.05, 3.63) is 70.8 Å². The highest BCUT2D eigenvalue weighted by molar-refractivity contribution is 5.73. The van der Waals surface area contributed by atoms with Gasteiger partial charge in [-0.25, -0.2) is 0 Å². The van der Waals surface area contributed by atoms with E-state index in [1.165, 1.54) is 22.3 Å². The second-order valence-electron chi connectivity index (χ2n) is 5.18. The highest BCUT2D eigenvalue weighted by Gasteiger charge is 2.24. The number of carbonyl (C=O) groups is 1. The van der Waals surface area contributed by atoms with E-state index in [4.69, 9.17) is 5.73 Å². The summed E-state index contributed by atoms with van der Waals surface area (Å²) >= 11 is 0. The van der Waals surface area contributed by atoms with Crippen molar-refractivity contribution >= 4 is 5.91 Å². The third kappa shape index (κ3) is 2.45. The van der Waals surface area contributed by atoms with Crippen molar-refractivity contribution in [2.24, 2.45) is 5.73 Å². The van der Waals surface area contributed by atoms with Crippen LogP contribution >= 0.6 is 0 Å². The summed E-state index contributed by atoms with van der Waals surface area (Å²) in [4.78, 5) is 10.9. The maximum atomic E-state index is 10.9. The molecule has 0 aromatic heterocycles. The summed E-state index contributed by atoms with van der Waals surface area (Å²) in [5.74, 6) is -0.269. The number of nitrogens with one attached hydrogen (secondary N) is 1. The molecule has 3 nitrogen and oxygen atoms in total. The van der Waals surface area contributed by atoms with Crippen molar-refractivity contribution in [1.82, 2.24) is 5.32 Å². The maximum absolute atomic E-state index is 10.9. The summed E-state index contributed by atoms with van der Waals surface area (Å²) in [7, 11) is 0. The average Bonchev–Trinajstić information content (AvgIpc) is 2.46. The van der Waals surface area contributed by atoms with E-state index in [-0.39, 0.29) is 11.9 Å². The van der Waals surface area contributed by atoms with Gasteiger partial charge in [0.1, 0.15) is 0 Å². The number of hydrogen-bond acceptors (Lipinski definition) is 2. The zero-order valence-corrected chi connectivity index (χ0v) is 11.3. The molecule has 3 N–H and O–H groups in total. The minimum Gasteiger partial charge on any atom is -0.370 e. The van der Waals surface area contributed by atoms with Crippen molar-refractivity contribution in [3.8, 4) is 0 Å². The van der Waals surface area contributed by atoms with E-state index >= 15 is 0 Å². The molecule has 0 radical (unpaired) electrons. The Morgan fingerprint density at radius 1 is 1.05 bits per heavy atom. The summed E-state index contributed by atoms with van der Waals surface area (Å²) in [6.45, 7) is 0.600. The molecular formula is C17H18N2O. The van der Waals surface area contributed by atoms with Gasteiger partial charge < -0.3 is 11.1 Å². The van der Waals surface area contributed by atoms with E-state index in [2.05, 4.69) is 53.8 Å². The molecule has 0 bridgehead atoms. The van der Waals surface area contributed by atoms with Crippen molar-refractivity contribution in [2.45, 2.75) is 18.9 Å². The minimum atomic E-state index is -0.269. The van der Waals surface area contributed by atoms with Crippen molar-refractivity contribution in [1.29, 1.82) is 0 Å². The summed E-state index contributed by atoms with van der Waals surface area (Å²) in [6.07, 6.45) is 1.33. The van der Waals surface area contributed by atoms with Gasteiger partial charge in [0.15, 0.2) is 0 Å². The number of amides is 1. The SMILES string of the molecule is NC(=O)CCNC1c2ccccc2Cc2ccccc21. The number of hydrogen-bond donors (Lipinski definition) is 2. The predicted molar refractivity (Wildman–Crippen MR) is 79.3 cm³/mol. The van der Waals surface area contributed by atoms with Gasteiger partial charge in [-0.05, 0) is 28.7 Å². The molecule has 2 aromatic rings. The number of fused-ring (bicyclic) bond motifs is 2. The highest BCUT2D eigenvalue weighted by atomic mass is 16.1. The van der Waals surface area contributed by atoms with Gasteiger partial charge in [0.05, 0.1) is 6.04 Å². The van der Waals surface area contributed by atoms with Gasteiger partial charge in [0, 0.05) is 13.0 Å². The highest BCUT2D eigenvalue weighted by Crippen LogP contribution is 2.34. The smallest absolute Gasteiger partial charge is 0.218 e. The van der Waals surface area contributed by atoms with E-state index in [0.29, 0.717) is 13.0 Å². The van der Waals surface area contributed by atoms with Crippen LogP contribution in [-0.2, 0) is 11.2 Å². The molecule has 0 saturated heterocycles. The lowest BCUT2D eigenvalue weighted by Gasteiger charge is -2.29. The van der Waals surface area contributed by atoms with Crippen LogP contribution in [0.1, 0.15) is 34.7 Å². The fraction of sp³-hybridized carbons (Fsp3) is 0.235. The lowest BCUT2D eigenvalue weighted by atomic mass is 9.82. The zero-order chi connectivity index (χ0) is 13.9. The molecule has 0 aliphatic heterocycles. The van der Waals surface area contributed by atoms with Crippen LogP contribution in [0.3, 0.4) is 0 Å². The lowest BCUT2D eigenvalue weighted by Crippen LogP contribution is -2.30. The second-order valence-corrected chi connectivity index (χ2v) is 5.18. The number of primary amides is 1. The Labute approximate surface area is 118 Å². The van der Waals surface area contributed by atoms with E-state index in [1.54, 1.807) is 0 Å². The Kier molecular flexibility index (Phi) is 3.52. The normalized spacial score (nSPS) is 13.6. The van der Waals surface area contributed by atoms with Crippen molar-refractivity contribution in [2.75, 3.05) is 6.54 Å². The van der Waals surface area contributed by atoms with Crippen LogP contribution in [0, 0.1) is 0 Å². The number of carbonyl (C=O) groups excluding carboxylic acids is 1. The van der Waals surface area contributed by atoms with E-state index in [9.17, 15) is 4.79 Å². The van der Waals surface area contributed by atoms with Gasteiger partial charge in [-0.1, -0.05) is 48.5 Å². The quantitative estimate of drug-likeness (QED) is 0.891. The monoisotopic (exact) mass is 266 g/mol. The topological polar surface area (TPSA) is 55.1 Å². The molecule has 1 aliphatic rings. The van der Waals surface area contributed by atoms with Crippen molar-refractivity contribution < 1.29 is 4.79 Å². The first kappa shape index (κ1) is 12.9. The van der Waals surface area contributed by atoms with Gasteiger partial charge in [0.2, 0.25) is 5.91 Å². The maximum Gasteiger partial charge on any atom is 0.218 e. The molecule has 1 amide bonds. The van der Waals surface area contributed by atoms with E-state index < -0.39 is 0 Å². The van der Waals surface area contributed by atoms with Gasteiger partial charge >= 0.3 is 0 Å². The van der Waals surface area contributed by atoms with Gasteiger partial charge in [-0.2, -0.15) is 0 Å². The third-order valence-electron chi connectivity index (χ3n) is 3.83. The van der Waals surface area contributed by atoms with Gasteiger partial charge in [-0.15, -0.1) is 0 Å². The Morgan fingerprint density at radius 3 is 2.15 bits per heavy atom. The molecule has 0 saturated carbocycles. The van der Waals surface area contributed by atoms with E-state index in [1.807, 2.05) is 0 Å². The first-order valence-corrected chi connectivity index (χ1v) is 6.93. The number of benzene rings is 2. The molecule has 3 rings (SSSR count). The van der Waals surface area contributed by atoms with Crippen LogP contribution in [0.15, 0.2) is 48.5 Å². The van der Waals surface area contributed by atoms with Crippen molar-refractivity contribution in [3.63, 3.8) is 0 Å². The molecule has 20 heavy (non-hydrogen) atoms. The van der Waals surface area contributed by atoms with Gasteiger partial charge in [-0.3, -0.25) is 4.79 Å². The van der Waals surface area contributed by atoms with E-state index in [0.717, 1.165) is 6.42 Å². The molecule has 102 valence electrons. The van der Waals surface area contributed by atoms with Crippen LogP contribution in [0.25, 0.3) is 0 Å². The fourth-order valence-electron chi connectivity index (χ4n) is 2.89. The fourth-order valence-corrected chi connectivity index (χ4v) is 2.89. The zero-order valence-electron chi connectivity index (χ0n) is 11.3. The molecule has 0 heterocycles. The Balaban J connectivity index is 1.93. The largest absolute Gasteiger partial charge is 0.370 e. The molecule has 1 aliphatic carbocycles. The minimum absolute atomic E-state index is 0.149. The second kappa shape index (κ2) is 5.47. The Hall–Kier alpha value is -2.13. The Bertz CT molecular complexity index is 591. The molecule has 2 aromatic carbocycles. The number of rotatable bonds is 4. The molecule has 3 heteroatoms. The predicted octanol–water partition coefficient (Wildman–Crippen LogP) is 2.15. The van der Waals surface area contributed by atoms with Crippen LogP contribution in [0.5, 0.6) is 0 Å². The number of nitrogens with two attached hydrogens (primary N) is 1. The summed E-state index contributed by atoms with van der Waals surface area (Å²) in [5, 5.41) is 3.46. The average molecular weight is 266 g/mol. The lowest BCUT2D eigenvalue weighted by molar-refractivity contribution is -0.117. The molecule has 0 spiro atoms. The van der Waals surface area contributed by atoms with Gasteiger partial charge in [0.25, 0.3) is 0 Å². The summed E-state index contributed by atoms with van der Waals surface area (Å²) in [5.41, 5.74) is 10.5. The standard InChI is InChI=1S/C17H18N2O/c18-16(20)9-10-19-17-14-7-3-1-5-12(14)11-13-6-2-4-8-15(13)17/h1-8,17,19H,9-11H2,(H2,18,20). The molecule has 0 fully saturated rings. The van der Waals surface area contributed by atoms with Crippen LogP contribution in [-0.4, -0.2) is 12.5 Å².